The van der Waals surface area contributed by atoms with E-state index in [1.807, 2.05) is 0 Å². The fourth-order valence-electron chi connectivity index (χ4n) is 1.51. The van der Waals surface area contributed by atoms with Crippen LogP contribution in [-0.4, -0.2) is 11.6 Å². The van der Waals surface area contributed by atoms with Crippen LogP contribution in [0, 0.1) is 0 Å². The van der Waals surface area contributed by atoms with Crippen molar-refractivity contribution < 1.29 is 9.53 Å². The van der Waals surface area contributed by atoms with Gasteiger partial charge in [-0.1, -0.05) is 33.8 Å². The third-order valence-corrected chi connectivity index (χ3v) is 2.48. The van der Waals surface area contributed by atoms with Gasteiger partial charge < -0.3 is 4.74 Å². The van der Waals surface area contributed by atoms with E-state index in [0.717, 1.165) is 25.7 Å². The molecule has 0 atom stereocenters. The maximum absolute atomic E-state index is 11.1. The second kappa shape index (κ2) is 5.79. The van der Waals surface area contributed by atoms with Gasteiger partial charge in [0.25, 0.3) is 0 Å². The van der Waals surface area contributed by atoms with Crippen molar-refractivity contribution in [1.82, 2.24) is 0 Å². The highest BCUT2D eigenvalue weighted by molar-refractivity contribution is 5.81. The highest BCUT2D eigenvalue weighted by Gasteiger charge is 2.28. The lowest BCUT2D eigenvalue weighted by Gasteiger charge is -2.30. The van der Waals surface area contributed by atoms with E-state index in [0.29, 0.717) is 0 Å². The van der Waals surface area contributed by atoms with Gasteiger partial charge in [0, 0.05) is 6.08 Å². The van der Waals surface area contributed by atoms with E-state index >= 15 is 0 Å². The van der Waals surface area contributed by atoms with Gasteiger partial charge in [-0.15, -0.1) is 0 Å². The zero-order valence-corrected chi connectivity index (χ0v) is 8.93. The van der Waals surface area contributed by atoms with Crippen LogP contribution in [0.1, 0.15) is 46.5 Å². The van der Waals surface area contributed by atoms with E-state index < -0.39 is 0 Å². The molecule has 0 aliphatic heterocycles. The maximum Gasteiger partial charge on any atom is 0.330 e. The maximum atomic E-state index is 11.1. The summed E-state index contributed by atoms with van der Waals surface area (Å²) < 4.78 is 5.37. The van der Waals surface area contributed by atoms with Gasteiger partial charge in [0.1, 0.15) is 5.60 Å². The largest absolute Gasteiger partial charge is 0.456 e. The summed E-state index contributed by atoms with van der Waals surface area (Å²) in [5.41, 5.74) is -0.264. The van der Waals surface area contributed by atoms with Crippen molar-refractivity contribution in [1.29, 1.82) is 0 Å². The molecule has 0 saturated carbocycles. The number of hydrogen-bond acceptors (Lipinski definition) is 2. The van der Waals surface area contributed by atoms with Crippen molar-refractivity contribution in [2.45, 2.75) is 52.1 Å². The molecule has 2 nitrogen and oxygen atoms in total. The fourth-order valence-corrected chi connectivity index (χ4v) is 1.51. The van der Waals surface area contributed by atoms with Crippen LogP contribution < -0.4 is 0 Å². The quantitative estimate of drug-likeness (QED) is 0.468. The first kappa shape index (κ1) is 12.2. The Morgan fingerprint density at radius 3 is 2.23 bits per heavy atom. The lowest BCUT2D eigenvalue weighted by atomic mass is 9.92. The van der Waals surface area contributed by atoms with E-state index in [2.05, 4.69) is 27.4 Å². The van der Waals surface area contributed by atoms with Crippen LogP contribution in [0.4, 0.5) is 0 Å². The first-order valence-corrected chi connectivity index (χ1v) is 4.99. The molecular weight excluding hydrogens is 164 g/mol. The lowest BCUT2D eigenvalue weighted by molar-refractivity contribution is -0.155. The summed E-state index contributed by atoms with van der Waals surface area (Å²) in [7, 11) is 0. The summed E-state index contributed by atoms with van der Waals surface area (Å²) in [5.74, 6) is -0.308. The fraction of sp³-hybridized carbons (Fsp3) is 0.727. The Morgan fingerprint density at radius 2 is 1.92 bits per heavy atom. The highest BCUT2D eigenvalue weighted by Crippen LogP contribution is 2.26. The monoisotopic (exact) mass is 184 g/mol. The molecular formula is C11H20O2. The Bertz CT molecular complexity index is 169. The van der Waals surface area contributed by atoms with E-state index in [4.69, 9.17) is 4.74 Å². The Hall–Kier alpha value is -0.790. The zero-order chi connectivity index (χ0) is 10.3. The van der Waals surface area contributed by atoms with Crippen molar-refractivity contribution in [3.8, 4) is 0 Å². The van der Waals surface area contributed by atoms with Crippen molar-refractivity contribution in [2.24, 2.45) is 0 Å². The predicted octanol–water partition coefficient (Wildman–Crippen LogP) is 3.07. The van der Waals surface area contributed by atoms with Crippen molar-refractivity contribution >= 4 is 5.97 Å². The molecule has 0 radical (unpaired) electrons. The summed E-state index contributed by atoms with van der Waals surface area (Å²) in [4.78, 5) is 11.1. The minimum absolute atomic E-state index is 0.264. The van der Waals surface area contributed by atoms with Crippen LogP contribution in [0.25, 0.3) is 0 Å². The Balaban J connectivity index is 4.36. The van der Waals surface area contributed by atoms with E-state index in [-0.39, 0.29) is 11.6 Å². The Labute approximate surface area is 81.0 Å². The van der Waals surface area contributed by atoms with E-state index in [1.54, 1.807) is 0 Å². The number of hydrogen-bond donors (Lipinski definition) is 0. The number of esters is 1. The van der Waals surface area contributed by atoms with Gasteiger partial charge in [-0.2, -0.15) is 0 Å². The van der Waals surface area contributed by atoms with Crippen LogP contribution in [0.15, 0.2) is 12.7 Å². The molecule has 0 aliphatic rings. The highest BCUT2D eigenvalue weighted by atomic mass is 16.6. The average molecular weight is 184 g/mol. The standard InChI is InChI=1S/C11H20O2/c1-5-9-11(7-3,8-4)13-10(12)6-2/h6H,2,5,7-9H2,1,3-4H3. The van der Waals surface area contributed by atoms with Crippen LogP contribution in [0.5, 0.6) is 0 Å². The predicted molar refractivity (Wildman–Crippen MR) is 54.5 cm³/mol. The van der Waals surface area contributed by atoms with Crippen LogP contribution in [0.3, 0.4) is 0 Å². The molecule has 0 bridgehead atoms. The molecule has 0 rings (SSSR count). The van der Waals surface area contributed by atoms with Gasteiger partial charge in [-0.05, 0) is 19.3 Å². The normalized spacial score (nSPS) is 11.0. The summed E-state index contributed by atoms with van der Waals surface area (Å²) in [5, 5.41) is 0. The average Bonchev–Trinajstić information content (AvgIpc) is 2.17. The van der Waals surface area contributed by atoms with Gasteiger partial charge in [0.2, 0.25) is 0 Å². The number of rotatable bonds is 6. The van der Waals surface area contributed by atoms with Gasteiger partial charge in [-0.3, -0.25) is 0 Å². The van der Waals surface area contributed by atoms with Gasteiger partial charge in [0.15, 0.2) is 0 Å². The second-order valence-electron chi connectivity index (χ2n) is 3.27. The van der Waals surface area contributed by atoms with E-state index in [1.165, 1.54) is 6.08 Å². The lowest BCUT2D eigenvalue weighted by Crippen LogP contribution is -2.33. The number of carbonyl (C=O) groups excluding carboxylic acids is 1. The number of carbonyl (C=O) groups is 1. The molecule has 0 aromatic rings. The first-order valence-electron chi connectivity index (χ1n) is 4.99. The third kappa shape index (κ3) is 3.62. The summed E-state index contributed by atoms with van der Waals surface area (Å²) >= 11 is 0. The summed E-state index contributed by atoms with van der Waals surface area (Å²) in [6.07, 6.45) is 4.94. The van der Waals surface area contributed by atoms with E-state index in [9.17, 15) is 4.79 Å². The van der Waals surface area contributed by atoms with Crippen LogP contribution in [0.2, 0.25) is 0 Å². The molecule has 76 valence electrons. The molecule has 0 unspecified atom stereocenters. The molecule has 0 fully saturated rings. The van der Waals surface area contributed by atoms with Crippen molar-refractivity contribution in [3.63, 3.8) is 0 Å². The first-order chi connectivity index (χ1) is 6.14. The molecule has 0 heterocycles. The number of ether oxygens (including phenoxy) is 1. The summed E-state index contributed by atoms with van der Waals surface area (Å²) in [6.45, 7) is 9.60. The van der Waals surface area contributed by atoms with Crippen molar-refractivity contribution in [2.75, 3.05) is 0 Å². The molecule has 2 heteroatoms. The minimum Gasteiger partial charge on any atom is -0.456 e. The smallest absolute Gasteiger partial charge is 0.330 e. The molecule has 0 aliphatic carbocycles. The zero-order valence-electron chi connectivity index (χ0n) is 8.93. The molecule has 0 aromatic heterocycles. The second-order valence-corrected chi connectivity index (χ2v) is 3.27. The Morgan fingerprint density at radius 1 is 1.38 bits per heavy atom. The molecule has 0 aromatic carbocycles. The minimum atomic E-state index is -0.308. The Kier molecular flexibility index (Phi) is 5.44. The van der Waals surface area contributed by atoms with Crippen molar-refractivity contribution in [3.05, 3.63) is 12.7 Å². The molecule has 0 N–H and O–H groups in total. The van der Waals surface area contributed by atoms with Crippen LogP contribution >= 0.6 is 0 Å². The molecule has 0 saturated heterocycles. The van der Waals surface area contributed by atoms with Crippen LogP contribution in [-0.2, 0) is 9.53 Å². The van der Waals surface area contributed by atoms with Gasteiger partial charge in [0.05, 0.1) is 0 Å². The van der Waals surface area contributed by atoms with Gasteiger partial charge in [-0.25, -0.2) is 4.79 Å². The molecule has 0 spiro atoms. The third-order valence-electron chi connectivity index (χ3n) is 2.48. The topological polar surface area (TPSA) is 26.3 Å². The summed E-state index contributed by atoms with van der Waals surface area (Å²) in [6, 6.07) is 0. The molecule has 0 amide bonds. The van der Waals surface area contributed by atoms with Gasteiger partial charge >= 0.3 is 5.97 Å². The molecule has 13 heavy (non-hydrogen) atoms. The SMILES string of the molecule is C=CC(=O)OC(CC)(CC)CCC.